The fourth-order valence-corrected chi connectivity index (χ4v) is 6.86. The summed E-state index contributed by atoms with van der Waals surface area (Å²) in [6.07, 6.45) is 4.30. The lowest BCUT2D eigenvalue weighted by Gasteiger charge is -2.37. The van der Waals surface area contributed by atoms with Gasteiger partial charge >= 0.3 is 0 Å². The fraction of sp³-hybridized carbons (Fsp3) is 0.333. The molecule has 1 fully saturated rings. The van der Waals surface area contributed by atoms with Crippen molar-refractivity contribution in [1.82, 2.24) is 14.4 Å². The third-order valence-corrected chi connectivity index (χ3v) is 9.41. The van der Waals surface area contributed by atoms with Crippen LogP contribution in [0.1, 0.15) is 57.3 Å². The minimum atomic E-state index is -0.119. The SMILES string of the molecule is Cc1cc(C(=O)N(c2ccc(O)cc2)C2CCN(C)CC2)cn1-c1cc2c(cc1C(=O)N1Cc3ccccc3C[C@H]1C)OCO2. The van der Waals surface area contributed by atoms with Crippen LogP contribution in [-0.2, 0) is 13.0 Å². The number of aromatic hydroxyl groups is 1. The van der Waals surface area contributed by atoms with Gasteiger partial charge in [-0.05, 0) is 101 Å². The maximum Gasteiger partial charge on any atom is 0.260 e. The van der Waals surface area contributed by atoms with Gasteiger partial charge in [0.25, 0.3) is 11.8 Å². The van der Waals surface area contributed by atoms with Crippen LogP contribution in [-0.4, -0.2) is 70.3 Å². The second kappa shape index (κ2) is 11.6. The predicted molar refractivity (Wildman–Crippen MR) is 172 cm³/mol. The Hall–Kier alpha value is -4.76. The Balaban J connectivity index is 1.26. The number of rotatable bonds is 5. The topological polar surface area (TPSA) is 87.5 Å². The standard InChI is InChI=1S/C36H38N4O5/c1-23-17-27(35(42)40(28-8-10-30(41)11-9-28)29-12-14-37(3)15-13-29)21-38(23)32-19-34-33(44-22-45-34)18-31(32)36(43)39-20-26-7-5-4-6-25(26)16-24(39)2/h4-11,17-19,21,24,29,41H,12-16,20,22H2,1-3H3/t24-/m1/s1. The van der Waals surface area contributed by atoms with Gasteiger partial charge < -0.3 is 33.8 Å². The number of ether oxygens (including phenoxy) is 2. The molecule has 3 aliphatic heterocycles. The summed E-state index contributed by atoms with van der Waals surface area (Å²) in [7, 11) is 2.10. The number of fused-ring (bicyclic) bond motifs is 2. The molecule has 3 aliphatic rings. The summed E-state index contributed by atoms with van der Waals surface area (Å²) in [5, 5.41) is 9.94. The van der Waals surface area contributed by atoms with Crippen LogP contribution in [0.5, 0.6) is 17.2 Å². The van der Waals surface area contributed by atoms with Crippen molar-refractivity contribution < 1.29 is 24.2 Å². The van der Waals surface area contributed by atoms with Crippen molar-refractivity contribution in [3.63, 3.8) is 0 Å². The Bertz CT molecular complexity index is 1760. The monoisotopic (exact) mass is 606 g/mol. The van der Waals surface area contributed by atoms with Gasteiger partial charge in [-0.2, -0.15) is 0 Å². The molecule has 1 saturated heterocycles. The highest BCUT2D eigenvalue weighted by Gasteiger charge is 2.33. The third-order valence-electron chi connectivity index (χ3n) is 9.41. The first-order valence-electron chi connectivity index (χ1n) is 15.6. The Morgan fingerprint density at radius 2 is 1.62 bits per heavy atom. The van der Waals surface area contributed by atoms with E-state index in [9.17, 15) is 14.7 Å². The van der Waals surface area contributed by atoms with Gasteiger partial charge in [0.1, 0.15) is 5.75 Å². The summed E-state index contributed by atoms with van der Waals surface area (Å²) in [5.41, 5.74) is 5.65. The van der Waals surface area contributed by atoms with E-state index >= 15 is 0 Å². The summed E-state index contributed by atoms with van der Waals surface area (Å²) < 4.78 is 13.4. The number of carbonyl (C=O) groups excluding carboxylic acids is 2. The molecule has 9 nitrogen and oxygen atoms in total. The first-order chi connectivity index (χ1) is 21.8. The van der Waals surface area contributed by atoms with Crippen LogP contribution >= 0.6 is 0 Å². The zero-order valence-electron chi connectivity index (χ0n) is 25.9. The summed E-state index contributed by atoms with van der Waals surface area (Å²) in [4.78, 5) is 34.7. The molecule has 0 spiro atoms. The quantitative estimate of drug-likeness (QED) is 0.321. The van der Waals surface area contributed by atoms with Gasteiger partial charge in [0.15, 0.2) is 11.5 Å². The number of benzene rings is 3. The number of likely N-dealkylation sites (tertiary alicyclic amines) is 1. The van der Waals surface area contributed by atoms with E-state index in [0.717, 1.165) is 49.3 Å². The van der Waals surface area contributed by atoms with E-state index in [2.05, 4.69) is 31.0 Å². The Labute approximate surface area is 263 Å². The Morgan fingerprint density at radius 1 is 0.933 bits per heavy atom. The number of piperidine rings is 1. The van der Waals surface area contributed by atoms with Crippen molar-refractivity contribution in [1.29, 1.82) is 0 Å². The molecular formula is C36H38N4O5. The van der Waals surface area contributed by atoms with Crippen LogP contribution in [0.15, 0.2) is 72.9 Å². The van der Waals surface area contributed by atoms with Gasteiger partial charge in [-0.15, -0.1) is 0 Å². The average molecular weight is 607 g/mol. The van der Waals surface area contributed by atoms with Gasteiger partial charge in [-0.1, -0.05) is 24.3 Å². The zero-order chi connectivity index (χ0) is 31.2. The number of amides is 2. The highest BCUT2D eigenvalue weighted by molar-refractivity contribution is 6.07. The van der Waals surface area contributed by atoms with E-state index < -0.39 is 0 Å². The predicted octanol–water partition coefficient (Wildman–Crippen LogP) is 5.55. The number of hydrogen-bond donors (Lipinski definition) is 1. The molecule has 0 saturated carbocycles. The molecule has 2 amide bonds. The first kappa shape index (κ1) is 29.0. The second-order valence-electron chi connectivity index (χ2n) is 12.4. The Kier molecular flexibility index (Phi) is 7.49. The summed E-state index contributed by atoms with van der Waals surface area (Å²) in [5.74, 6) is 1.05. The normalized spacial score (nSPS) is 18.1. The lowest BCUT2D eigenvalue weighted by atomic mass is 9.94. The van der Waals surface area contributed by atoms with Crippen molar-refractivity contribution >= 4 is 17.5 Å². The van der Waals surface area contributed by atoms with Crippen LogP contribution in [0.3, 0.4) is 0 Å². The minimum Gasteiger partial charge on any atom is -0.508 e. The largest absolute Gasteiger partial charge is 0.508 e. The minimum absolute atomic E-state index is 0.0157. The van der Waals surface area contributed by atoms with Gasteiger partial charge in [0, 0.05) is 42.3 Å². The molecule has 1 atom stereocenters. The summed E-state index contributed by atoms with van der Waals surface area (Å²) >= 11 is 0. The average Bonchev–Trinajstić information content (AvgIpc) is 3.67. The summed E-state index contributed by atoms with van der Waals surface area (Å²) in [6, 6.07) is 20.6. The summed E-state index contributed by atoms with van der Waals surface area (Å²) in [6.45, 7) is 6.43. The molecule has 9 heteroatoms. The molecule has 0 aliphatic carbocycles. The third kappa shape index (κ3) is 5.42. The van der Waals surface area contributed by atoms with E-state index in [-0.39, 0.29) is 36.4 Å². The first-order valence-corrected chi connectivity index (χ1v) is 15.6. The van der Waals surface area contributed by atoms with E-state index in [1.165, 1.54) is 5.56 Å². The number of hydrogen-bond acceptors (Lipinski definition) is 6. The Morgan fingerprint density at radius 3 is 2.36 bits per heavy atom. The maximum atomic E-state index is 14.3. The van der Waals surface area contributed by atoms with Crippen molar-refractivity contribution in [2.75, 3.05) is 31.8 Å². The molecule has 0 radical (unpaired) electrons. The van der Waals surface area contributed by atoms with Crippen molar-refractivity contribution in [3.05, 3.63) is 101 Å². The zero-order valence-corrected chi connectivity index (χ0v) is 25.9. The highest BCUT2D eigenvalue weighted by Crippen LogP contribution is 2.39. The van der Waals surface area contributed by atoms with E-state index in [1.54, 1.807) is 30.3 Å². The van der Waals surface area contributed by atoms with Crippen LogP contribution in [0.4, 0.5) is 5.69 Å². The number of anilines is 1. The molecule has 0 unspecified atom stereocenters. The number of phenolic OH excluding ortho intramolecular Hbond substituents is 1. The van der Waals surface area contributed by atoms with Gasteiger partial charge in [0.2, 0.25) is 6.79 Å². The van der Waals surface area contributed by atoms with Crippen LogP contribution in [0, 0.1) is 6.92 Å². The van der Waals surface area contributed by atoms with E-state index in [1.807, 2.05) is 51.8 Å². The molecule has 4 aromatic rings. The number of nitrogens with zero attached hydrogens (tertiary/aromatic N) is 4. The molecule has 0 bridgehead atoms. The number of carbonyl (C=O) groups is 2. The van der Waals surface area contributed by atoms with Crippen LogP contribution in [0.25, 0.3) is 5.69 Å². The van der Waals surface area contributed by atoms with Crippen LogP contribution < -0.4 is 14.4 Å². The van der Waals surface area contributed by atoms with Gasteiger partial charge in [0.05, 0.1) is 16.8 Å². The number of aryl methyl sites for hydroxylation is 1. The molecular weight excluding hydrogens is 568 g/mol. The molecule has 1 aromatic heterocycles. The van der Waals surface area contributed by atoms with Crippen LogP contribution in [0.2, 0.25) is 0 Å². The van der Waals surface area contributed by atoms with Crippen molar-refractivity contribution in [2.45, 2.75) is 51.7 Å². The van der Waals surface area contributed by atoms with Gasteiger partial charge in [-0.25, -0.2) is 0 Å². The van der Waals surface area contributed by atoms with E-state index in [4.69, 9.17) is 9.47 Å². The maximum absolute atomic E-state index is 14.3. The molecule has 4 heterocycles. The fourth-order valence-electron chi connectivity index (χ4n) is 6.86. The highest BCUT2D eigenvalue weighted by atomic mass is 16.7. The van der Waals surface area contributed by atoms with E-state index in [0.29, 0.717) is 34.9 Å². The number of aromatic nitrogens is 1. The molecule has 7 rings (SSSR count). The van der Waals surface area contributed by atoms with Crippen molar-refractivity contribution in [2.24, 2.45) is 0 Å². The second-order valence-corrected chi connectivity index (χ2v) is 12.4. The lowest BCUT2D eigenvalue weighted by Crippen LogP contribution is -2.46. The lowest BCUT2D eigenvalue weighted by molar-refractivity contribution is 0.0657. The number of phenols is 1. The molecule has 232 valence electrons. The van der Waals surface area contributed by atoms with Crippen molar-refractivity contribution in [3.8, 4) is 22.9 Å². The molecule has 3 aromatic carbocycles. The van der Waals surface area contributed by atoms with Gasteiger partial charge in [-0.3, -0.25) is 9.59 Å². The molecule has 1 N–H and O–H groups in total. The smallest absolute Gasteiger partial charge is 0.260 e. The molecule has 45 heavy (non-hydrogen) atoms.